The van der Waals surface area contributed by atoms with Gasteiger partial charge in [-0.3, -0.25) is 4.79 Å². The Bertz CT molecular complexity index is 676. The van der Waals surface area contributed by atoms with Gasteiger partial charge in [0, 0.05) is 23.6 Å². The van der Waals surface area contributed by atoms with Gasteiger partial charge in [0.25, 0.3) is 0 Å². The van der Waals surface area contributed by atoms with Gasteiger partial charge in [-0.15, -0.1) is 0 Å². The van der Waals surface area contributed by atoms with Crippen LogP contribution in [0.3, 0.4) is 0 Å². The quantitative estimate of drug-likeness (QED) is 0.891. The lowest BCUT2D eigenvalue weighted by Crippen LogP contribution is -2.33. The Kier molecular flexibility index (Phi) is 2.92. The van der Waals surface area contributed by atoms with Crippen molar-refractivity contribution in [3.05, 3.63) is 23.8 Å². The van der Waals surface area contributed by atoms with E-state index < -0.39 is 10.0 Å². The van der Waals surface area contributed by atoms with Gasteiger partial charge in [-0.1, -0.05) is 13.8 Å². The minimum Gasteiger partial charge on any atom is -0.326 e. The molecule has 1 heterocycles. The number of hydrogen-bond donors (Lipinski definition) is 2. The first-order valence-corrected chi connectivity index (χ1v) is 8.23. The first-order chi connectivity index (χ1) is 9.28. The topological polar surface area (TPSA) is 75.3 Å². The van der Waals surface area contributed by atoms with Crippen LogP contribution in [-0.2, 0) is 20.2 Å². The van der Waals surface area contributed by atoms with E-state index in [2.05, 4.69) is 10.0 Å². The van der Waals surface area contributed by atoms with Crippen molar-refractivity contribution in [1.29, 1.82) is 0 Å². The Morgan fingerprint density at radius 3 is 2.65 bits per heavy atom. The van der Waals surface area contributed by atoms with Crippen molar-refractivity contribution in [1.82, 2.24) is 4.72 Å². The Hall–Kier alpha value is -1.40. The summed E-state index contributed by atoms with van der Waals surface area (Å²) in [5, 5.41) is 2.79. The summed E-state index contributed by atoms with van der Waals surface area (Å²) in [6.07, 6.45) is 2.18. The maximum Gasteiger partial charge on any atom is 0.240 e. The highest BCUT2D eigenvalue weighted by molar-refractivity contribution is 7.89. The molecule has 3 rings (SSSR count). The van der Waals surface area contributed by atoms with Gasteiger partial charge in [0.05, 0.1) is 4.90 Å². The monoisotopic (exact) mass is 294 g/mol. The van der Waals surface area contributed by atoms with Gasteiger partial charge in [-0.05, 0) is 36.6 Å². The lowest BCUT2D eigenvalue weighted by Gasteiger charge is -2.32. The molecule has 1 aromatic carbocycles. The third-order valence-electron chi connectivity index (χ3n) is 3.81. The second-order valence-electron chi connectivity index (χ2n) is 6.21. The van der Waals surface area contributed by atoms with Gasteiger partial charge in [-0.2, -0.15) is 0 Å². The van der Waals surface area contributed by atoms with E-state index in [-0.39, 0.29) is 22.3 Å². The first kappa shape index (κ1) is 13.6. The van der Waals surface area contributed by atoms with Gasteiger partial charge >= 0.3 is 0 Å². The molecule has 0 unspecified atom stereocenters. The third-order valence-corrected chi connectivity index (χ3v) is 5.32. The van der Waals surface area contributed by atoms with Crippen LogP contribution in [0.2, 0.25) is 0 Å². The number of rotatable bonds is 3. The lowest BCUT2D eigenvalue weighted by atomic mass is 9.78. The van der Waals surface area contributed by atoms with Crippen LogP contribution in [0.5, 0.6) is 0 Å². The number of carbonyl (C=O) groups is 1. The number of amides is 1. The molecule has 108 valence electrons. The van der Waals surface area contributed by atoms with E-state index in [1.54, 1.807) is 18.2 Å². The number of benzene rings is 1. The Labute approximate surface area is 118 Å². The van der Waals surface area contributed by atoms with E-state index >= 15 is 0 Å². The highest BCUT2D eigenvalue weighted by Gasteiger charge is 2.34. The molecule has 1 amide bonds. The molecule has 0 bridgehead atoms. The number of nitrogens with one attached hydrogen (secondary N) is 2. The molecule has 0 atom stereocenters. The van der Waals surface area contributed by atoms with Crippen molar-refractivity contribution in [2.24, 2.45) is 0 Å². The average Bonchev–Trinajstić information content (AvgIpc) is 3.10. The largest absolute Gasteiger partial charge is 0.326 e. The van der Waals surface area contributed by atoms with Crippen LogP contribution in [-0.4, -0.2) is 20.4 Å². The molecule has 1 aliphatic heterocycles. The predicted molar refractivity (Wildman–Crippen MR) is 76.1 cm³/mol. The van der Waals surface area contributed by atoms with Crippen LogP contribution < -0.4 is 10.0 Å². The molecular formula is C14H18N2O3S. The van der Waals surface area contributed by atoms with Crippen LogP contribution in [0.4, 0.5) is 5.69 Å². The maximum absolute atomic E-state index is 12.2. The number of sulfonamides is 1. The van der Waals surface area contributed by atoms with E-state index in [0.717, 1.165) is 18.4 Å². The van der Waals surface area contributed by atoms with Crippen molar-refractivity contribution in [2.75, 3.05) is 5.32 Å². The maximum atomic E-state index is 12.2. The van der Waals surface area contributed by atoms with Crippen molar-refractivity contribution < 1.29 is 13.2 Å². The minimum atomic E-state index is -3.46. The molecule has 5 nitrogen and oxygen atoms in total. The predicted octanol–water partition coefficient (Wildman–Crippen LogP) is 1.75. The second kappa shape index (κ2) is 4.30. The van der Waals surface area contributed by atoms with Gasteiger partial charge in [-0.25, -0.2) is 13.1 Å². The van der Waals surface area contributed by atoms with E-state index in [1.165, 1.54) is 0 Å². The molecule has 20 heavy (non-hydrogen) atoms. The molecule has 0 spiro atoms. The molecule has 0 aromatic heterocycles. The normalized spacial score (nSPS) is 21.2. The number of fused-ring (bicyclic) bond motifs is 1. The fourth-order valence-electron chi connectivity index (χ4n) is 2.54. The zero-order valence-corrected chi connectivity index (χ0v) is 12.4. The fourth-order valence-corrected chi connectivity index (χ4v) is 3.87. The summed E-state index contributed by atoms with van der Waals surface area (Å²) < 4.78 is 27.2. The van der Waals surface area contributed by atoms with Crippen LogP contribution in [0.25, 0.3) is 0 Å². The summed E-state index contributed by atoms with van der Waals surface area (Å²) in [5.74, 6) is -0.0331. The smallest absolute Gasteiger partial charge is 0.240 e. The molecule has 1 saturated carbocycles. The van der Waals surface area contributed by atoms with Crippen molar-refractivity contribution in [2.45, 2.75) is 49.5 Å². The summed E-state index contributed by atoms with van der Waals surface area (Å²) >= 11 is 0. The molecule has 1 fully saturated rings. The van der Waals surface area contributed by atoms with Crippen molar-refractivity contribution >= 4 is 21.6 Å². The molecule has 6 heteroatoms. The van der Waals surface area contributed by atoms with Gasteiger partial charge < -0.3 is 5.32 Å². The zero-order valence-electron chi connectivity index (χ0n) is 11.6. The van der Waals surface area contributed by atoms with Crippen LogP contribution in [0, 0.1) is 0 Å². The fraction of sp³-hybridized carbons (Fsp3) is 0.500. The van der Waals surface area contributed by atoms with E-state index in [0.29, 0.717) is 12.1 Å². The lowest BCUT2D eigenvalue weighted by molar-refractivity contribution is -0.117. The number of hydrogen-bond acceptors (Lipinski definition) is 3. The Morgan fingerprint density at radius 2 is 2.00 bits per heavy atom. The van der Waals surface area contributed by atoms with Gasteiger partial charge in [0.2, 0.25) is 15.9 Å². The van der Waals surface area contributed by atoms with Gasteiger partial charge in [0.15, 0.2) is 0 Å². The minimum absolute atomic E-state index is 0.0331. The zero-order chi connectivity index (χ0) is 14.5. The summed E-state index contributed by atoms with van der Waals surface area (Å²) in [4.78, 5) is 11.9. The van der Waals surface area contributed by atoms with Crippen LogP contribution in [0.1, 0.15) is 38.7 Å². The first-order valence-electron chi connectivity index (χ1n) is 6.75. The van der Waals surface area contributed by atoms with Crippen LogP contribution in [0.15, 0.2) is 23.1 Å². The highest BCUT2D eigenvalue weighted by atomic mass is 32.2. The third kappa shape index (κ3) is 2.45. The van der Waals surface area contributed by atoms with Crippen molar-refractivity contribution in [3.63, 3.8) is 0 Å². The molecule has 0 radical (unpaired) electrons. The van der Waals surface area contributed by atoms with Gasteiger partial charge in [0.1, 0.15) is 0 Å². The molecule has 1 aliphatic carbocycles. The molecule has 0 saturated heterocycles. The summed E-state index contributed by atoms with van der Waals surface area (Å²) in [7, 11) is -3.46. The van der Waals surface area contributed by atoms with E-state index in [1.807, 2.05) is 13.8 Å². The van der Waals surface area contributed by atoms with E-state index in [4.69, 9.17) is 0 Å². The van der Waals surface area contributed by atoms with Crippen molar-refractivity contribution in [3.8, 4) is 0 Å². The number of anilines is 1. The summed E-state index contributed by atoms with van der Waals surface area (Å²) in [6.45, 7) is 3.91. The molecular weight excluding hydrogens is 276 g/mol. The Morgan fingerprint density at radius 1 is 1.30 bits per heavy atom. The molecule has 2 aliphatic rings. The average molecular weight is 294 g/mol. The number of carbonyl (C=O) groups excluding carboxylic acids is 1. The van der Waals surface area contributed by atoms with Crippen LogP contribution >= 0.6 is 0 Å². The summed E-state index contributed by atoms with van der Waals surface area (Å²) in [5.41, 5.74) is 1.22. The standard InChI is InChI=1S/C14H18N2O3S/c1-14(2)8-13(17)15-12-6-5-10(7-11(12)14)20(18,19)16-9-3-4-9/h5-7,9,16H,3-4,8H2,1-2H3,(H,15,17). The highest BCUT2D eigenvalue weighted by Crippen LogP contribution is 2.38. The summed E-state index contributed by atoms with van der Waals surface area (Å²) in [6, 6.07) is 4.99. The second-order valence-corrected chi connectivity index (χ2v) is 7.93. The molecule has 2 N–H and O–H groups in total. The molecule has 1 aromatic rings. The SMILES string of the molecule is CC1(C)CC(=O)Nc2ccc(S(=O)(=O)NC3CC3)cc21. The Balaban J connectivity index is 2.02. The van der Waals surface area contributed by atoms with E-state index in [9.17, 15) is 13.2 Å².